The molecule has 0 unspecified atom stereocenters. The molecule has 9 nitrogen and oxygen atoms in total. The van der Waals surface area contributed by atoms with E-state index in [2.05, 4.69) is 0 Å². The van der Waals surface area contributed by atoms with Crippen LogP contribution in [0, 0.1) is 6.92 Å². The van der Waals surface area contributed by atoms with Gasteiger partial charge in [-0.15, -0.1) is 0 Å². The van der Waals surface area contributed by atoms with Gasteiger partial charge < -0.3 is 20.3 Å². The Morgan fingerprint density at radius 3 is 2.56 bits per heavy atom. The van der Waals surface area contributed by atoms with Crippen LogP contribution in [-0.2, 0) is 14.3 Å². The number of nitrogens with two attached hydrogens (primary N) is 1. The van der Waals surface area contributed by atoms with Crippen LogP contribution < -0.4 is 17.0 Å². The lowest BCUT2D eigenvalue weighted by atomic mass is 9.88. The molecule has 0 saturated carbocycles. The number of ether oxygens (including phenoxy) is 2. The zero-order valence-corrected chi connectivity index (χ0v) is 14.6. The molecule has 1 aliphatic rings. The van der Waals surface area contributed by atoms with Crippen LogP contribution in [0.1, 0.15) is 39.5 Å². The molecule has 0 bridgehead atoms. The van der Waals surface area contributed by atoms with Crippen molar-refractivity contribution < 1.29 is 23.8 Å². The summed E-state index contributed by atoms with van der Waals surface area (Å²) in [6.07, 6.45) is -2.23. The first kappa shape index (κ1) is 19.3. The van der Waals surface area contributed by atoms with Crippen molar-refractivity contribution in [2.75, 3.05) is 0 Å². The molecule has 2 heterocycles. The third kappa shape index (κ3) is 3.12. The fourth-order valence-corrected chi connectivity index (χ4v) is 2.34. The predicted molar refractivity (Wildman–Crippen MR) is 84.5 cm³/mol. The number of aromatic amines is 1. The highest BCUT2D eigenvalue weighted by molar-refractivity contribution is 5.79. The maximum absolute atomic E-state index is 15.3. The van der Waals surface area contributed by atoms with Gasteiger partial charge in [-0.2, -0.15) is 0 Å². The number of esters is 1. The number of aliphatic hydroxyl groups is 1. The lowest BCUT2D eigenvalue weighted by Gasteiger charge is -2.33. The van der Waals surface area contributed by atoms with Crippen molar-refractivity contribution in [1.29, 1.82) is 0 Å². The summed E-state index contributed by atoms with van der Waals surface area (Å²) < 4.78 is 26.4. The lowest BCUT2D eigenvalue weighted by Crippen LogP contribution is -2.54. The highest BCUT2D eigenvalue weighted by atomic mass is 19.1. The summed E-state index contributed by atoms with van der Waals surface area (Å²) in [4.78, 5) is 37.5. The molecule has 2 rings (SSSR count). The fourth-order valence-electron chi connectivity index (χ4n) is 2.34. The second kappa shape index (κ2) is 5.75. The molecule has 4 N–H and O–H groups in total. The van der Waals surface area contributed by atoms with Crippen LogP contribution in [0.4, 0.5) is 4.39 Å². The minimum Gasteiger partial charge on any atom is -0.431 e. The van der Waals surface area contributed by atoms with Gasteiger partial charge in [-0.25, -0.2) is 14.0 Å². The van der Waals surface area contributed by atoms with E-state index >= 15 is 4.39 Å². The number of rotatable bonds is 3. The van der Waals surface area contributed by atoms with Gasteiger partial charge in [-0.1, -0.05) is 0 Å². The second-order valence-electron chi connectivity index (χ2n) is 7.15. The summed E-state index contributed by atoms with van der Waals surface area (Å²) in [5, 5.41) is 10.5. The Labute approximate surface area is 142 Å². The van der Waals surface area contributed by atoms with Crippen LogP contribution in [0.15, 0.2) is 15.8 Å². The Morgan fingerprint density at radius 1 is 1.48 bits per heavy atom. The lowest BCUT2D eigenvalue weighted by molar-refractivity contribution is -0.214. The van der Waals surface area contributed by atoms with Gasteiger partial charge in [-0.05, 0) is 34.6 Å². The third-order valence-electron chi connectivity index (χ3n) is 4.30. The summed E-state index contributed by atoms with van der Waals surface area (Å²) >= 11 is 0. The SMILES string of the molecule is Cc1cn([C@H]2O[C@H](OC(=O)C(C)(C)N)[C@](C)(O)[C@@]2(C)F)c(=O)[nH]c1=O. The normalized spacial score (nSPS) is 32.6. The van der Waals surface area contributed by atoms with E-state index in [1.54, 1.807) is 0 Å². The van der Waals surface area contributed by atoms with E-state index in [4.69, 9.17) is 15.2 Å². The number of nitrogens with one attached hydrogen (secondary N) is 1. The fraction of sp³-hybridized carbons (Fsp3) is 0.667. The molecule has 1 aromatic heterocycles. The molecular weight excluding hydrogens is 337 g/mol. The molecule has 0 radical (unpaired) electrons. The van der Waals surface area contributed by atoms with E-state index in [-0.39, 0.29) is 5.56 Å². The molecule has 10 heteroatoms. The molecule has 1 aliphatic heterocycles. The first-order valence-corrected chi connectivity index (χ1v) is 7.58. The van der Waals surface area contributed by atoms with E-state index in [9.17, 15) is 19.5 Å². The molecule has 0 spiro atoms. The first-order chi connectivity index (χ1) is 11.2. The first-order valence-electron chi connectivity index (χ1n) is 7.58. The minimum absolute atomic E-state index is 0.141. The maximum atomic E-state index is 15.3. The van der Waals surface area contributed by atoms with Gasteiger partial charge in [0.15, 0.2) is 17.5 Å². The van der Waals surface area contributed by atoms with E-state index in [1.807, 2.05) is 4.98 Å². The smallest absolute Gasteiger partial charge is 0.330 e. The summed E-state index contributed by atoms with van der Waals surface area (Å²) in [7, 11) is 0. The summed E-state index contributed by atoms with van der Waals surface area (Å²) in [5.41, 5.74) is -1.98. The highest BCUT2D eigenvalue weighted by Crippen LogP contribution is 2.48. The van der Waals surface area contributed by atoms with E-state index in [1.165, 1.54) is 20.8 Å². The Morgan fingerprint density at radius 2 is 2.04 bits per heavy atom. The van der Waals surface area contributed by atoms with Crippen molar-refractivity contribution in [1.82, 2.24) is 9.55 Å². The van der Waals surface area contributed by atoms with Gasteiger partial charge in [0, 0.05) is 11.8 Å². The van der Waals surface area contributed by atoms with Crippen LogP contribution in [0.5, 0.6) is 0 Å². The number of hydrogen-bond acceptors (Lipinski definition) is 7. The molecule has 0 aliphatic carbocycles. The van der Waals surface area contributed by atoms with Crippen molar-refractivity contribution in [3.05, 3.63) is 32.6 Å². The van der Waals surface area contributed by atoms with Crippen LogP contribution in [0.25, 0.3) is 0 Å². The van der Waals surface area contributed by atoms with Crippen molar-refractivity contribution in [3.8, 4) is 0 Å². The number of carbonyl (C=O) groups excluding carboxylic acids is 1. The summed E-state index contributed by atoms with van der Waals surface area (Å²) in [6.45, 7) is 6.26. The van der Waals surface area contributed by atoms with E-state index in [0.717, 1.165) is 24.6 Å². The van der Waals surface area contributed by atoms with Crippen molar-refractivity contribution in [3.63, 3.8) is 0 Å². The zero-order valence-electron chi connectivity index (χ0n) is 14.6. The topological polar surface area (TPSA) is 137 Å². The largest absolute Gasteiger partial charge is 0.431 e. The third-order valence-corrected chi connectivity index (χ3v) is 4.30. The Hall–Kier alpha value is -2.04. The van der Waals surface area contributed by atoms with Crippen molar-refractivity contribution in [2.45, 2.75) is 63.9 Å². The van der Waals surface area contributed by atoms with Gasteiger partial charge in [-0.3, -0.25) is 14.3 Å². The van der Waals surface area contributed by atoms with E-state index in [0.29, 0.717) is 0 Å². The predicted octanol–water partition coefficient (Wildman–Crippen LogP) is -0.540. The number of aryl methyl sites for hydroxylation is 1. The van der Waals surface area contributed by atoms with Crippen molar-refractivity contribution in [2.24, 2.45) is 5.73 Å². The number of carbonyl (C=O) groups is 1. The number of hydrogen-bond donors (Lipinski definition) is 3. The molecule has 0 aromatic carbocycles. The average molecular weight is 359 g/mol. The number of halogens is 1. The van der Waals surface area contributed by atoms with Crippen LogP contribution in [0.2, 0.25) is 0 Å². The summed E-state index contributed by atoms with van der Waals surface area (Å²) in [5.74, 6) is -0.917. The summed E-state index contributed by atoms with van der Waals surface area (Å²) in [6, 6.07) is 0. The standard InChI is InChI=1S/C15H22FN3O6/c1-7-6-19(12(22)18-8(7)20)9-14(4,16)15(5,23)11(24-9)25-10(21)13(2,3)17/h6,9,11,23H,17H2,1-5H3,(H,18,20,22)/t9-,11+,14-,15-/m0/s1. The van der Waals surface area contributed by atoms with Crippen LogP contribution in [0.3, 0.4) is 0 Å². The Balaban J connectivity index is 2.46. The molecule has 25 heavy (non-hydrogen) atoms. The molecule has 4 atom stereocenters. The number of aromatic nitrogens is 2. The maximum Gasteiger partial charge on any atom is 0.330 e. The molecule has 0 amide bonds. The Bertz CT molecular complexity index is 805. The van der Waals surface area contributed by atoms with Gasteiger partial charge in [0.2, 0.25) is 6.29 Å². The average Bonchev–Trinajstić information content (AvgIpc) is 2.61. The van der Waals surface area contributed by atoms with Crippen LogP contribution in [-0.4, -0.2) is 43.7 Å². The minimum atomic E-state index is -2.52. The number of H-pyrrole nitrogens is 1. The van der Waals surface area contributed by atoms with Gasteiger partial charge in [0.05, 0.1) is 0 Å². The second-order valence-corrected chi connectivity index (χ2v) is 7.15. The van der Waals surface area contributed by atoms with Crippen LogP contribution >= 0.6 is 0 Å². The van der Waals surface area contributed by atoms with E-state index < -0.39 is 46.5 Å². The molecule has 1 saturated heterocycles. The van der Waals surface area contributed by atoms with Gasteiger partial charge in [0.25, 0.3) is 5.56 Å². The number of nitrogens with zero attached hydrogens (tertiary/aromatic N) is 1. The molecule has 140 valence electrons. The number of alkyl halides is 1. The Kier molecular flexibility index (Phi) is 4.44. The monoisotopic (exact) mass is 359 g/mol. The zero-order chi connectivity index (χ0) is 19.4. The molecule has 1 fully saturated rings. The molecule has 1 aromatic rings. The molecular formula is C15H22FN3O6. The van der Waals surface area contributed by atoms with Gasteiger partial charge in [0.1, 0.15) is 5.54 Å². The van der Waals surface area contributed by atoms with Gasteiger partial charge >= 0.3 is 11.7 Å². The quantitative estimate of drug-likeness (QED) is 0.616. The van der Waals surface area contributed by atoms with Crippen molar-refractivity contribution >= 4 is 5.97 Å². The highest BCUT2D eigenvalue weighted by Gasteiger charge is 2.65.